The van der Waals surface area contributed by atoms with Crippen LogP contribution >= 0.6 is 11.6 Å². The van der Waals surface area contributed by atoms with E-state index < -0.39 is 29.5 Å². The van der Waals surface area contributed by atoms with Gasteiger partial charge in [-0.05, 0) is 32.4 Å². The molecule has 5 nitrogen and oxygen atoms in total. The number of nitrogens with two attached hydrogens (primary N) is 1. The first kappa shape index (κ1) is 16.5. The van der Waals surface area contributed by atoms with Crippen molar-refractivity contribution in [1.29, 1.82) is 0 Å². The standard InChI is InChI=1S/C14H18ClNO4/c1-14(2,3)20-13(19)10(12(17)18)11(16)8-6-4-5-7-9(8)15/h4-7,10-11H,16H2,1-3H3,(H,17,18). The minimum absolute atomic E-state index is 0.315. The molecule has 20 heavy (non-hydrogen) atoms. The molecular weight excluding hydrogens is 282 g/mol. The molecule has 0 amide bonds. The first-order chi connectivity index (χ1) is 9.13. The second-order valence-corrected chi connectivity index (χ2v) is 5.80. The van der Waals surface area contributed by atoms with E-state index >= 15 is 0 Å². The average molecular weight is 300 g/mol. The first-order valence-corrected chi connectivity index (χ1v) is 6.47. The van der Waals surface area contributed by atoms with Crippen LogP contribution in [-0.2, 0) is 14.3 Å². The summed E-state index contributed by atoms with van der Waals surface area (Å²) in [6.07, 6.45) is 0. The molecule has 1 aromatic carbocycles. The van der Waals surface area contributed by atoms with Crippen LogP contribution in [0.5, 0.6) is 0 Å². The summed E-state index contributed by atoms with van der Waals surface area (Å²) in [5.41, 5.74) is 5.50. The van der Waals surface area contributed by atoms with E-state index in [0.717, 1.165) is 0 Å². The number of carboxylic acids is 1. The van der Waals surface area contributed by atoms with Gasteiger partial charge in [0.15, 0.2) is 5.92 Å². The van der Waals surface area contributed by atoms with Crippen molar-refractivity contribution in [2.75, 3.05) is 0 Å². The van der Waals surface area contributed by atoms with E-state index in [9.17, 15) is 14.7 Å². The molecule has 0 aliphatic rings. The molecular formula is C14H18ClNO4. The van der Waals surface area contributed by atoms with Crippen molar-refractivity contribution >= 4 is 23.5 Å². The lowest BCUT2D eigenvalue weighted by Crippen LogP contribution is -2.39. The molecule has 0 radical (unpaired) electrons. The number of hydrogen-bond acceptors (Lipinski definition) is 4. The van der Waals surface area contributed by atoms with Gasteiger partial charge in [-0.2, -0.15) is 0 Å². The summed E-state index contributed by atoms with van der Waals surface area (Å²) in [5.74, 6) is -3.72. The highest BCUT2D eigenvalue weighted by molar-refractivity contribution is 6.31. The monoisotopic (exact) mass is 299 g/mol. The number of carboxylic acid groups (broad SMARTS) is 1. The predicted octanol–water partition coefficient (Wildman–Crippen LogP) is 2.38. The van der Waals surface area contributed by atoms with E-state index in [1.165, 1.54) is 0 Å². The van der Waals surface area contributed by atoms with Crippen LogP contribution in [0.1, 0.15) is 32.4 Å². The molecule has 0 fully saturated rings. The molecule has 6 heteroatoms. The third-order valence-electron chi connectivity index (χ3n) is 2.55. The van der Waals surface area contributed by atoms with Crippen molar-refractivity contribution in [3.8, 4) is 0 Å². The van der Waals surface area contributed by atoms with Crippen molar-refractivity contribution in [1.82, 2.24) is 0 Å². The van der Waals surface area contributed by atoms with E-state index in [-0.39, 0.29) is 0 Å². The van der Waals surface area contributed by atoms with Crippen molar-refractivity contribution in [2.24, 2.45) is 11.7 Å². The summed E-state index contributed by atoms with van der Waals surface area (Å²) in [7, 11) is 0. The molecule has 110 valence electrons. The second-order valence-electron chi connectivity index (χ2n) is 5.40. The van der Waals surface area contributed by atoms with Gasteiger partial charge in [-0.1, -0.05) is 29.8 Å². The summed E-state index contributed by atoms with van der Waals surface area (Å²) < 4.78 is 5.10. The van der Waals surface area contributed by atoms with Crippen LogP contribution in [0.2, 0.25) is 5.02 Å². The fourth-order valence-electron chi connectivity index (χ4n) is 1.69. The number of carbonyl (C=O) groups is 2. The molecule has 0 spiro atoms. The molecule has 1 aromatic rings. The number of rotatable bonds is 4. The number of carbonyl (C=O) groups excluding carboxylic acids is 1. The highest BCUT2D eigenvalue weighted by atomic mass is 35.5. The van der Waals surface area contributed by atoms with Gasteiger partial charge >= 0.3 is 11.9 Å². The lowest BCUT2D eigenvalue weighted by Gasteiger charge is -2.25. The molecule has 0 aromatic heterocycles. The Kier molecular flexibility index (Phi) is 5.14. The van der Waals surface area contributed by atoms with Crippen LogP contribution in [0, 0.1) is 5.92 Å². The van der Waals surface area contributed by atoms with Gasteiger partial charge in [-0.15, -0.1) is 0 Å². The second kappa shape index (κ2) is 6.24. The number of benzene rings is 1. The van der Waals surface area contributed by atoms with Crippen LogP contribution in [0.4, 0.5) is 0 Å². The summed E-state index contributed by atoms with van der Waals surface area (Å²) >= 11 is 5.98. The van der Waals surface area contributed by atoms with Gasteiger partial charge in [0.05, 0.1) is 6.04 Å². The molecule has 1 rings (SSSR count). The van der Waals surface area contributed by atoms with Crippen molar-refractivity contribution in [2.45, 2.75) is 32.4 Å². The SMILES string of the molecule is CC(C)(C)OC(=O)C(C(=O)O)C(N)c1ccccc1Cl. The third-order valence-corrected chi connectivity index (χ3v) is 2.89. The van der Waals surface area contributed by atoms with Gasteiger partial charge in [0.2, 0.25) is 0 Å². The Bertz CT molecular complexity index is 510. The molecule has 0 aliphatic heterocycles. The molecule has 0 saturated carbocycles. The summed E-state index contributed by atoms with van der Waals surface area (Å²) in [6, 6.07) is 5.48. The maximum absolute atomic E-state index is 12.0. The van der Waals surface area contributed by atoms with E-state index in [1.54, 1.807) is 45.0 Å². The fraction of sp³-hybridized carbons (Fsp3) is 0.429. The topological polar surface area (TPSA) is 89.6 Å². The minimum atomic E-state index is -1.51. The summed E-state index contributed by atoms with van der Waals surface area (Å²) in [4.78, 5) is 23.3. The van der Waals surface area contributed by atoms with E-state index in [4.69, 9.17) is 22.1 Å². The molecule has 0 bridgehead atoms. The molecule has 0 aliphatic carbocycles. The smallest absolute Gasteiger partial charge is 0.322 e. The van der Waals surface area contributed by atoms with E-state index in [1.807, 2.05) is 0 Å². The maximum atomic E-state index is 12.0. The number of hydrogen-bond donors (Lipinski definition) is 2. The normalized spacial score (nSPS) is 14.4. The summed E-state index contributed by atoms with van der Waals surface area (Å²) in [5, 5.41) is 9.55. The lowest BCUT2D eigenvalue weighted by molar-refractivity contribution is -0.167. The zero-order valence-corrected chi connectivity index (χ0v) is 12.3. The molecule has 0 saturated heterocycles. The Morgan fingerprint density at radius 2 is 1.85 bits per heavy atom. The third kappa shape index (κ3) is 4.21. The van der Waals surface area contributed by atoms with Crippen LogP contribution in [0.3, 0.4) is 0 Å². The van der Waals surface area contributed by atoms with Gasteiger partial charge < -0.3 is 15.6 Å². The highest BCUT2D eigenvalue weighted by Crippen LogP contribution is 2.28. The van der Waals surface area contributed by atoms with Gasteiger partial charge in [-0.3, -0.25) is 9.59 Å². The van der Waals surface area contributed by atoms with E-state index in [0.29, 0.717) is 10.6 Å². The van der Waals surface area contributed by atoms with Crippen LogP contribution in [-0.4, -0.2) is 22.6 Å². The van der Waals surface area contributed by atoms with E-state index in [2.05, 4.69) is 0 Å². The zero-order valence-electron chi connectivity index (χ0n) is 11.6. The largest absolute Gasteiger partial charge is 0.481 e. The number of ether oxygens (including phenoxy) is 1. The predicted molar refractivity (Wildman–Crippen MR) is 75.4 cm³/mol. The Labute approximate surface area is 122 Å². The van der Waals surface area contributed by atoms with Crippen molar-refractivity contribution < 1.29 is 19.4 Å². The number of esters is 1. The van der Waals surface area contributed by atoms with Crippen LogP contribution in [0.25, 0.3) is 0 Å². The quantitative estimate of drug-likeness (QED) is 0.658. The Morgan fingerprint density at radius 3 is 2.30 bits per heavy atom. The highest BCUT2D eigenvalue weighted by Gasteiger charge is 2.37. The van der Waals surface area contributed by atoms with Crippen LogP contribution < -0.4 is 5.73 Å². The zero-order chi connectivity index (χ0) is 15.5. The van der Waals surface area contributed by atoms with Gasteiger partial charge in [-0.25, -0.2) is 0 Å². The average Bonchev–Trinajstić information content (AvgIpc) is 2.26. The summed E-state index contributed by atoms with van der Waals surface area (Å²) in [6.45, 7) is 4.97. The number of halogens is 1. The van der Waals surface area contributed by atoms with Crippen molar-refractivity contribution in [3.05, 3.63) is 34.9 Å². The molecule has 2 unspecified atom stereocenters. The van der Waals surface area contributed by atoms with Gasteiger partial charge in [0.25, 0.3) is 0 Å². The lowest BCUT2D eigenvalue weighted by atomic mass is 9.93. The Balaban J connectivity index is 3.06. The fourth-order valence-corrected chi connectivity index (χ4v) is 1.95. The molecule has 0 heterocycles. The minimum Gasteiger partial charge on any atom is -0.481 e. The first-order valence-electron chi connectivity index (χ1n) is 6.09. The molecule has 3 N–H and O–H groups in total. The Morgan fingerprint density at radius 1 is 1.30 bits per heavy atom. The maximum Gasteiger partial charge on any atom is 0.322 e. The molecule has 2 atom stereocenters. The van der Waals surface area contributed by atoms with Gasteiger partial charge in [0, 0.05) is 5.02 Å². The number of aliphatic carboxylic acids is 1. The van der Waals surface area contributed by atoms with Gasteiger partial charge in [0.1, 0.15) is 5.60 Å². The Hall–Kier alpha value is -1.59. The van der Waals surface area contributed by atoms with Crippen LogP contribution in [0.15, 0.2) is 24.3 Å². The van der Waals surface area contributed by atoms with Crippen molar-refractivity contribution in [3.63, 3.8) is 0 Å².